The first-order chi connectivity index (χ1) is 13.7. The molecule has 1 aromatic carbocycles. The molecule has 0 unspecified atom stereocenters. The maximum atomic E-state index is 12.9. The second kappa shape index (κ2) is 7.17. The number of hydrogen-bond acceptors (Lipinski definition) is 9. The van der Waals surface area contributed by atoms with E-state index in [1.54, 1.807) is 6.92 Å². The minimum atomic E-state index is -3.83. The van der Waals surface area contributed by atoms with Gasteiger partial charge in [0.2, 0.25) is 10.9 Å². The molecule has 0 radical (unpaired) electrons. The number of aromatic nitrogens is 3. The number of thiophene rings is 1. The Labute approximate surface area is 174 Å². The smallest absolute Gasteiger partial charge is 0.263 e. The topological polar surface area (TPSA) is 128 Å². The third kappa shape index (κ3) is 3.71. The molecule has 0 atom stereocenters. The van der Waals surface area contributed by atoms with E-state index in [4.69, 9.17) is 5.73 Å². The van der Waals surface area contributed by atoms with Gasteiger partial charge in [-0.15, -0.1) is 21.5 Å². The van der Waals surface area contributed by atoms with E-state index >= 15 is 0 Å². The van der Waals surface area contributed by atoms with E-state index in [1.165, 1.54) is 35.6 Å². The van der Waals surface area contributed by atoms with Gasteiger partial charge in [-0.3, -0.25) is 9.52 Å². The third-order valence-electron chi connectivity index (χ3n) is 4.11. The predicted molar refractivity (Wildman–Crippen MR) is 114 cm³/mol. The van der Waals surface area contributed by atoms with Crippen LogP contribution < -0.4 is 10.5 Å². The first kappa shape index (κ1) is 19.4. The van der Waals surface area contributed by atoms with E-state index < -0.39 is 10.0 Å². The van der Waals surface area contributed by atoms with Crippen LogP contribution in [-0.2, 0) is 10.0 Å². The number of nitrogens with zero attached hydrogens (tertiary/aromatic N) is 3. The van der Waals surface area contributed by atoms with Crippen molar-refractivity contribution in [3.8, 4) is 0 Å². The number of benzene rings is 1. The fraction of sp³-hybridized carbons (Fsp3) is 0.111. The van der Waals surface area contributed by atoms with Crippen LogP contribution in [0.25, 0.3) is 10.2 Å². The van der Waals surface area contributed by atoms with Crippen LogP contribution in [0.1, 0.15) is 25.9 Å². The fourth-order valence-electron chi connectivity index (χ4n) is 2.69. The molecular formula is C18H15N5O3S3. The highest BCUT2D eigenvalue weighted by Gasteiger charge is 2.21. The van der Waals surface area contributed by atoms with Gasteiger partial charge in [0.1, 0.15) is 14.7 Å². The second-order valence-electron chi connectivity index (χ2n) is 6.24. The zero-order chi connectivity index (χ0) is 20.8. The van der Waals surface area contributed by atoms with E-state index in [9.17, 15) is 13.2 Å². The van der Waals surface area contributed by atoms with Gasteiger partial charge in [-0.05, 0) is 50.2 Å². The Morgan fingerprint density at radius 2 is 1.76 bits per heavy atom. The molecule has 3 heterocycles. The number of anilines is 2. The molecule has 3 N–H and O–H groups in total. The summed E-state index contributed by atoms with van der Waals surface area (Å²) in [5, 5.41) is 9.10. The van der Waals surface area contributed by atoms with Crippen LogP contribution in [0.3, 0.4) is 0 Å². The summed E-state index contributed by atoms with van der Waals surface area (Å²) in [5.41, 5.74) is 7.71. The molecule has 3 aromatic heterocycles. The standard InChI is InChI=1S/C18H15N5O3S3/c1-9-3-8-13-14(19)16(28-17(13)20-9)15(24)11-4-6-12(7-5-11)29(25,26)23-18-22-21-10(2)27-18/h3-8H,19H2,1-2H3,(H,22,23). The highest BCUT2D eigenvalue weighted by Crippen LogP contribution is 2.34. The number of carbonyl (C=O) groups excluding carboxylic acids is 1. The number of hydrogen-bond donors (Lipinski definition) is 2. The first-order valence-corrected chi connectivity index (χ1v) is 11.5. The van der Waals surface area contributed by atoms with Crippen molar-refractivity contribution in [3.63, 3.8) is 0 Å². The minimum Gasteiger partial charge on any atom is -0.397 e. The lowest BCUT2D eigenvalue weighted by atomic mass is 10.1. The SMILES string of the molecule is Cc1ccc2c(N)c(C(=O)c3ccc(S(=O)(=O)Nc4nnc(C)s4)cc3)sc2n1. The highest BCUT2D eigenvalue weighted by molar-refractivity contribution is 7.93. The van der Waals surface area contributed by atoms with Crippen molar-refractivity contribution in [1.82, 2.24) is 15.2 Å². The Balaban J connectivity index is 1.62. The molecule has 11 heteroatoms. The molecule has 29 heavy (non-hydrogen) atoms. The molecule has 4 aromatic rings. The maximum Gasteiger partial charge on any atom is 0.263 e. The van der Waals surface area contributed by atoms with Crippen molar-refractivity contribution in [2.75, 3.05) is 10.5 Å². The van der Waals surface area contributed by atoms with Crippen LogP contribution >= 0.6 is 22.7 Å². The van der Waals surface area contributed by atoms with Crippen LogP contribution in [0.2, 0.25) is 0 Å². The summed E-state index contributed by atoms with van der Waals surface area (Å²) in [6.07, 6.45) is 0. The average Bonchev–Trinajstić information content (AvgIpc) is 3.23. The van der Waals surface area contributed by atoms with Gasteiger partial charge in [-0.1, -0.05) is 11.3 Å². The van der Waals surface area contributed by atoms with Crippen molar-refractivity contribution in [2.45, 2.75) is 18.7 Å². The molecular weight excluding hydrogens is 430 g/mol. The van der Waals surface area contributed by atoms with Crippen LogP contribution in [0, 0.1) is 13.8 Å². The molecule has 0 spiro atoms. The number of nitrogens with one attached hydrogen (secondary N) is 1. The Kier molecular flexibility index (Phi) is 4.81. The Hall–Kier alpha value is -2.89. The molecule has 4 rings (SSSR count). The summed E-state index contributed by atoms with van der Waals surface area (Å²) >= 11 is 2.36. The van der Waals surface area contributed by atoms with E-state index in [-0.39, 0.29) is 15.8 Å². The minimum absolute atomic E-state index is 0.0171. The van der Waals surface area contributed by atoms with Gasteiger partial charge in [-0.25, -0.2) is 13.4 Å². The molecule has 148 valence electrons. The second-order valence-corrected chi connectivity index (χ2v) is 10.1. The monoisotopic (exact) mass is 445 g/mol. The number of fused-ring (bicyclic) bond motifs is 1. The predicted octanol–water partition coefficient (Wildman–Crippen LogP) is 3.38. The lowest BCUT2D eigenvalue weighted by Gasteiger charge is -2.06. The zero-order valence-corrected chi connectivity index (χ0v) is 17.8. The van der Waals surface area contributed by atoms with E-state index in [2.05, 4.69) is 19.9 Å². The quantitative estimate of drug-likeness (QED) is 0.451. The molecule has 0 fully saturated rings. The van der Waals surface area contributed by atoms with Crippen molar-refractivity contribution < 1.29 is 13.2 Å². The van der Waals surface area contributed by atoms with Gasteiger partial charge in [-0.2, -0.15) is 0 Å². The number of nitrogens with two attached hydrogens (primary N) is 1. The average molecular weight is 446 g/mol. The molecule has 0 aliphatic carbocycles. The van der Waals surface area contributed by atoms with E-state index in [0.29, 0.717) is 26.0 Å². The van der Waals surface area contributed by atoms with Crippen LogP contribution in [0.5, 0.6) is 0 Å². The molecule has 0 aliphatic rings. The number of carbonyl (C=O) groups is 1. The van der Waals surface area contributed by atoms with Gasteiger partial charge in [0.25, 0.3) is 10.0 Å². The largest absolute Gasteiger partial charge is 0.397 e. The van der Waals surface area contributed by atoms with Crippen LogP contribution in [0.15, 0.2) is 41.3 Å². The normalized spacial score (nSPS) is 11.7. The van der Waals surface area contributed by atoms with Crippen molar-refractivity contribution in [1.29, 1.82) is 0 Å². The Morgan fingerprint density at radius 1 is 1.03 bits per heavy atom. The van der Waals surface area contributed by atoms with Crippen molar-refractivity contribution in [2.24, 2.45) is 0 Å². The fourth-order valence-corrected chi connectivity index (χ4v) is 5.61. The molecule has 0 bridgehead atoms. The van der Waals surface area contributed by atoms with Gasteiger partial charge in [0.05, 0.1) is 10.6 Å². The molecule has 0 saturated carbocycles. The number of nitrogen functional groups attached to an aromatic ring is 1. The van der Waals surface area contributed by atoms with Gasteiger partial charge < -0.3 is 5.73 Å². The molecule has 0 amide bonds. The Bertz CT molecular complexity index is 1340. The van der Waals surface area contributed by atoms with Gasteiger partial charge >= 0.3 is 0 Å². The first-order valence-electron chi connectivity index (χ1n) is 8.38. The lowest BCUT2D eigenvalue weighted by molar-refractivity contribution is 0.104. The van der Waals surface area contributed by atoms with E-state index in [0.717, 1.165) is 22.4 Å². The number of sulfonamides is 1. The van der Waals surface area contributed by atoms with Crippen LogP contribution in [0.4, 0.5) is 10.8 Å². The summed E-state index contributed by atoms with van der Waals surface area (Å²) in [5.74, 6) is -0.278. The molecule has 0 saturated heterocycles. The summed E-state index contributed by atoms with van der Waals surface area (Å²) < 4.78 is 27.3. The third-order valence-corrected chi connectivity index (χ3v) is 7.47. The summed E-state index contributed by atoms with van der Waals surface area (Å²) in [6.45, 7) is 3.60. The highest BCUT2D eigenvalue weighted by atomic mass is 32.2. The zero-order valence-electron chi connectivity index (χ0n) is 15.3. The number of ketones is 1. The van der Waals surface area contributed by atoms with Crippen molar-refractivity contribution >= 4 is 59.5 Å². The Morgan fingerprint density at radius 3 is 2.41 bits per heavy atom. The molecule has 0 aliphatic heterocycles. The summed E-state index contributed by atoms with van der Waals surface area (Å²) in [6, 6.07) is 9.35. The maximum absolute atomic E-state index is 12.9. The number of pyridine rings is 1. The molecule has 8 nitrogen and oxygen atoms in total. The van der Waals surface area contributed by atoms with E-state index in [1.807, 2.05) is 19.1 Å². The van der Waals surface area contributed by atoms with Crippen molar-refractivity contribution in [3.05, 3.63) is 57.5 Å². The number of rotatable bonds is 5. The van der Waals surface area contributed by atoms with Gasteiger partial charge in [0, 0.05) is 16.6 Å². The number of aryl methyl sites for hydroxylation is 2. The van der Waals surface area contributed by atoms with Crippen LogP contribution in [-0.4, -0.2) is 29.4 Å². The lowest BCUT2D eigenvalue weighted by Crippen LogP contribution is -2.13. The van der Waals surface area contributed by atoms with Gasteiger partial charge in [0.15, 0.2) is 0 Å². The summed E-state index contributed by atoms with van der Waals surface area (Å²) in [4.78, 5) is 18.4. The summed E-state index contributed by atoms with van der Waals surface area (Å²) in [7, 11) is -3.83.